The van der Waals surface area contributed by atoms with Crippen molar-refractivity contribution in [2.45, 2.75) is 27.2 Å². The Morgan fingerprint density at radius 1 is 1.27 bits per heavy atom. The lowest BCUT2D eigenvalue weighted by atomic mass is 9.65. The fraction of sp³-hybridized carbons (Fsp3) is 0.350. The minimum Gasteiger partial charge on any atom is -0.481 e. The van der Waals surface area contributed by atoms with Crippen molar-refractivity contribution in [1.82, 2.24) is 0 Å². The number of ether oxygens (including phenoxy) is 1. The van der Waals surface area contributed by atoms with Gasteiger partial charge in [0.1, 0.15) is 10.2 Å². The van der Waals surface area contributed by atoms with Gasteiger partial charge in [-0.1, -0.05) is 62.2 Å². The van der Waals surface area contributed by atoms with Crippen molar-refractivity contribution in [3.63, 3.8) is 0 Å². The van der Waals surface area contributed by atoms with Crippen LogP contribution >= 0.6 is 34.5 Å². The van der Waals surface area contributed by atoms with Gasteiger partial charge in [-0.25, -0.2) is 0 Å². The zero-order chi connectivity index (χ0) is 19.3. The number of aliphatic carboxylic acids is 1. The molecular weight excluding hydrogens is 391 g/mol. The van der Waals surface area contributed by atoms with E-state index in [4.69, 9.17) is 27.9 Å². The van der Waals surface area contributed by atoms with Crippen molar-refractivity contribution in [3.05, 3.63) is 57.9 Å². The molecule has 0 aliphatic carbocycles. The minimum atomic E-state index is -1.03. The third-order valence-corrected chi connectivity index (χ3v) is 5.72. The molecule has 3 nitrogen and oxygen atoms in total. The molecule has 0 saturated heterocycles. The van der Waals surface area contributed by atoms with Gasteiger partial charge in [-0.3, -0.25) is 4.79 Å². The number of carbonyl (C=O) groups is 1. The summed E-state index contributed by atoms with van der Waals surface area (Å²) in [7, 11) is 0. The summed E-state index contributed by atoms with van der Waals surface area (Å²) in [5, 5.41) is 12.8. The highest BCUT2D eigenvalue weighted by molar-refractivity contribution is 7.11. The molecule has 0 aliphatic rings. The maximum Gasteiger partial charge on any atom is 0.310 e. The van der Waals surface area contributed by atoms with Gasteiger partial charge in [0.15, 0.2) is 5.06 Å². The SMILES string of the molecule is CC(C)C(Cc1cccc(Oc2cccs2)c1)(C(=O)O)C(C)C=C(Cl)Cl. The highest BCUT2D eigenvalue weighted by atomic mass is 35.5. The maximum absolute atomic E-state index is 12.3. The Morgan fingerprint density at radius 3 is 2.54 bits per heavy atom. The lowest BCUT2D eigenvalue weighted by Crippen LogP contribution is -2.43. The molecule has 0 spiro atoms. The predicted octanol–water partition coefficient (Wildman–Crippen LogP) is 6.77. The average Bonchev–Trinajstić information content (AvgIpc) is 3.04. The molecular formula is C20H22Cl2O3S. The van der Waals surface area contributed by atoms with E-state index in [0.29, 0.717) is 12.2 Å². The van der Waals surface area contributed by atoms with Crippen LogP contribution in [-0.2, 0) is 11.2 Å². The Bertz CT molecular complexity index is 767. The molecule has 2 rings (SSSR count). The summed E-state index contributed by atoms with van der Waals surface area (Å²) in [5.41, 5.74) is -0.141. The van der Waals surface area contributed by atoms with E-state index in [-0.39, 0.29) is 16.3 Å². The molecule has 0 saturated carbocycles. The molecule has 0 fully saturated rings. The smallest absolute Gasteiger partial charge is 0.310 e. The van der Waals surface area contributed by atoms with E-state index < -0.39 is 11.4 Å². The van der Waals surface area contributed by atoms with Crippen LogP contribution in [-0.4, -0.2) is 11.1 Å². The second-order valence-electron chi connectivity index (χ2n) is 6.60. The highest BCUT2D eigenvalue weighted by Crippen LogP contribution is 2.42. The molecule has 140 valence electrons. The number of carboxylic acids is 1. The molecule has 0 bridgehead atoms. The van der Waals surface area contributed by atoms with Crippen LogP contribution in [0.4, 0.5) is 0 Å². The molecule has 1 aromatic carbocycles. The van der Waals surface area contributed by atoms with Crippen molar-refractivity contribution < 1.29 is 14.6 Å². The molecule has 1 aromatic heterocycles. The number of hydrogen-bond donors (Lipinski definition) is 1. The summed E-state index contributed by atoms with van der Waals surface area (Å²) in [5.74, 6) is -0.644. The number of thiophene rings is 1. The minimum absolute atomic E-state index is 0.0820. The third-order valence-electron chi connectivity index (χ3n) is 4.73. The zero-order valence-corrected chi connectivity index (χ0v) is 17.2. The van der Waals surface area contributed by atoms with Crippen LogP contribution in [0.1, 0.15) is 26.3 Å². The summed E-state index contributed by atoms with van der Waals surface area (Å²) in [6, 6.07) is 11.4. The second-order valence-corrected chi connectivity index (χ2v) is 8.52. The number of halogens is 2. The molecule has 0 radical (unpaired) electrons. The summed E-state index contributed by atoms with van der Waals surface area (Å²) in [6.45, 7) is 5.66. The van der Waals surface area contributed by atoms with Gasteiger partial charge >= 0.3 is 5.97 Å². The van der Waals surface area contributed by atoms with Gasteiger partial charge < -0.3 is 9.84 Å². The van der Waals surface area contributed by atoms with Crippen molar-refractivity contribution in [3.8, 4) is 10.8 Å². The molecule has 2 unspecified atom stereocenters. The first-order valence-corrected chi connectivity index (χ1v) is 9.95. The first-order valence-electron chi connectivity index (χ1n) is 8.32. The molecule has 1 N–H and O–H groups in total. The van der Waals surface area contributed by atoms with Gasteiger partial charge in [0.2, 0.25) is 0 Å². The summed E-state index contributed by atoms with van der Waals surface area (Å²) in [6.07, 6.45) is 1.95. The summed E-state index contributed by atoms with van der Waals surface area (Å²) >= 11 is 13.1. The van der Waals surface area contributed by atoms with Gasteiger partial charge in [0.25, 0.3) is 0 Å². The second kappa shape index (κ2) is 8.94. The quantitative estimate of drug-likeness (QED) is 0.520. The van der Waals surface area contributed by atoms with E-state index in [9.17, 15) is 9.90 Å². The molecule has 0 aliphatic heterocycles. The molecule has 26 heavy (non-hydrogen) atoms. The third kappa shape index (κ3) is 4.81. The van der Waals surface area contributed by atoms with Crippen LogP contribution in [0.3, 0.4) is 0 Å². The van der Waals surface area contributed by atoms with E-state index in [1.54, 1.807) is 6.08 Å². The van der Waals surface area contributed by atoms with Gasteiger partial charge in [-0.2, -0.15) is 0 Å². The normalized spacial score (nSPS) is 14.5. The Labute approximate surface area is 168 Å². The fourth-order valence-corrected chi connectivity index (χ4v) is 4.21. The lowest BCUT2D eigenvalue weighted by molar-refractivity contribution is -0.154. The van der Waals surface area contributed by atoms with E-state index >= 15 is 0 Å². The monoisotopic (exact) mass is 412 g/mol. The van der Waals surface area contributed by atoms with Gasteiger partial charge in [-0.05, 0) is 53.5 Å². The average molecular weight is 413 g/mol. The molecule has 1 heterocycles. The van der Waals surface area contributed by atoms with Gasteiger partial charge in [0, 0.05) is 0 Å². The first-order chi connectivity index (χ1) is 12.3. The first kappa shape index (κ1) is 20.8. The van der Waals surface area contributed by atoms with E-state index in [1.165, 1.54) is 11.3 Å². The largest absolute Gasteiger partial charge is 0.481 e. The van der Waals surface area contributed by atoms with Crippen molar-refractivity contribution >= 4 is 40.5 Å². The molecule has 0 amide bonds. The molecule has 2 atom stereocenters. The zero-order valence-electron chi connectivity index (χ0n) is 14.9. The van der Waals surface area contributed by atoms with Crippen LogP contribution in [0.5, 0.6) is 10.8 Å². The number of hydrogen-bond acceptors (Lipinski definition) is 3. The van der Waals surface area contributed by atoms with E-state index in [2.05, 4.69) is 0 Å². The Kier molecular flexibility index (Phi) is 7.16. The number of allylic oxidation sites excluding steroid dienone is 1. The van der Waals surface area contributed by atoms with Crippen molar-refractivity contribution in [2.75, 3.05) is 0 Å². The van der Waals surface area contributed by atoms with Crippen LogP contribution in [0.2, 0.25) is 0 Å². The number of carboxylic acid groups (broad SMARTS) is 1. The van der Waals surface area contributed by atoms with Gasteiger partial charge in [0.05, 0.1) is 5.41 Å². The summed E-state index contributed by atoms with van der Waals surface area (Å²) < 4.78 is 5.92. The Balaban J connectivity index is 2.36. The highest BCUT2D eigenvalue weighted by Gasteiger charge is 2.45. The van der Waals surface area contributed by atoms with Gasteiger partial charge in [-0.15, -0.1) is 11.3 Å². The summed E-state index contributed by atoms with van der Waals surface area (Å²) in [4.78, 5) is 12.3. The Hall–Kier alpha value is -1.49. The van der Waals surface area contributed by atoms with E-state index in [1.807, 2.05) is 62.5 Å². The van der Waals surface area contributed by atoms with Crippen molar-refractivity contribution in [1.29, 1.82) is 0 Å². The molecule has 6 heteroatoms. The number of rotatable bonds is 8. The number of benzene rings is 1. The maximum atomic E-state index is 12.3. The standard InChI is InChI=1S/C20H22Cl2O3S/c1-13(2)20(19(23)24,14(3)10-17(21)22)12-15-6-4-7-16(11-15)25-18-8-5-9-26-18/h4-11,13-14H,12H2,1-3H3,(H,23,24). The van der Waals surface area contributed by atoms with Crippen LogP contribution in [0.15, 0.2) is 52.3 Å². The molecule has 2 aromatic rings. The lowest BCUT2D eigenvalue weighted by Gasteiger charge is -2.38. The Morgan fingerprint density at radius 2 is 2.00 bits per heavy atom. The topological polar surface area (TPSA) is 46.5 Å². The van der Waals surface area contributed by atoms with Crippen molar-refractivity contribution in [2.24, 2.45) is 17.3 Å². The fourth-order valence-electron chi connectivity index (χ4n) is 3.24. The van der Waals surface area contributed by atoms with E-state index in [0.717, 1.165) is 10.6 Å². The predicted molar refractivity (Wildman–Crippen MR) is 108 cm³/mol. The van der Waals surface area contributed by atoms with Crippen LogP contribution in [0, 0.1) is 17.3 Å². The van der Waals surface area contributed by atoms with Crippen LogP contribution in [0.25, 0.3) is 0 Å². The van der Waals surface area contributed by atoms with Crippen LogP contribution < -0.4 is 4.74 Å².